The van der Waals surface area contributed by atoms with Crippen LogP contribution in [-0.4, -0.2) is 53.3 Å². The summed E-state index contributed by atoms with van der Waals surface area (Å²) in [6.45, 7) is 12.1. The van der Waals surface area contributed by atoms with Gasteiger partial charge < -0.3 is 19.9 Å². The predicted molar refractivity (Wildman–Crippen MR) is 142 cm³/mol. The molecule has 0 unspecified atom stereocenters. The van der Waals surface area contributed by atoms with E-state index in [2.05, 4.69) is 73.2 Å². The lowest BCUT2D eigenvalue weighted by Gasteiger charge is -2.43. The smallest absolute Gasteiger partial charge is 0.142 e. The van der Waals surface area contributed by atoms with Crippen molar-refractivity contribution in [3.05, 3.63) is 65.0 Å². The zero-order valence-electron chi connectivity index (χ0n) is 21.0. The Balaban J connectivity index is 1.53. The fourth-order valence-electron chi connectivity index (χ4n) is 5.88. The van der Waals surface area contributed by atoms with Gasteiger partial charge in [-0.1, -0.05) is 35.4 Å². The van der Waals surface area contributed by atoms with Gasteiger partial charge in [-0.3, -0.25) is 4.98 Å². The molecule has 0 saturated carbocycles. The minimum Gasteiger partial charge on any atom is -0.373 e. The number of morpholine rings is 1. The average Bonchev–Trinajstić information content (AvgIpc) is 3.27. The number of fused-ring (bicyclic) bond motifs is 2. The Bertz CT molecular complexity index is 1390. The van der Waals surface area contributed by atoms with Gasteiger partial charge in [0.1, 0.15) is 5.82 Å². The molecule has 2 aromatic carbocycles. The molecular weight excluding hydrogens is 434 g/mol. The number of aromatic amines is 1. The molecule has 0 aliphatic carbocycles. The van der Waals surface area contributed by atoms with Crippen molar-refractivity contribution >= 4 is 16.7 Å². The number of ether oxygens (including phenoxy) is 1. The van der Waals surface area contributed by atoms with Crippen molar-refractivity contribution < 1.29 is 4.74 Å². The minimum absolute atomic E-state index is 0.186. The number of nitrogens with one attached hydrogen (secondary N) is 2. The number of pyridine rings is 1. The van der Waals surface area contributed by atoms with Crippen LogP contribution in [0.4, 0.5) is 5.69 Å². The van der Waals surface area contributed by atoms with E-state index >= 15 is 0 Å². The topological polar surface area (TPSA) is 66.1 Å². The second kappa shape index (κ2) is 8.77. The molecule has 4 heterocycles. The van der Waals surface area contributed by atoms with Crippen molar-refractivity contribution in [3.8, 4) is 22.5 Å². The van der Waals surface area contributed by atoms with Gasteiger partial charge in [0.2, 0.25) is 0 Å². The summed E-state index contributed by atoms with van der Waals surface area (Å²) in [7, 11) is 0. The van der Waals surface area contributed by atoms with Crippen LogP contribution in [0, 0.1) is 27.7 Å². The van der Waals surface area contributed by atoms with E-state index in [-0.39, 0.29) is 6.10 Å². The predicted octanol–water partition coefficient (Wildman–Crippen LogP) is 5.09. The Morgan fingerprint density at radius 3 is 2.54 bits per heavy atom. The molecule has 0 bridgehead atoms. The van der Waals surface area contributed by atoms with E-state index in [1.165, 1.54) is 33.5 Å². The van der Waals surface area contributed by atoms with Crippen LogP contribution in [0.3, 0.4) is 0 Å². The Morgan fingerprint density at radius 1 is 0.943 bits per heavy atom. The van der Waals surface area contributed by atoms with Gasteiger partial charge in [-0.25, -0.2) is 4.98 Å². The zero-order chi connectivity index (χ0) is 24.1. The molecule has 0 amide bonds. The third-order valence-electron chi connectivity index (χ3n) is 7.34. The van der Waals surface area contributed by atoms with Crippen molar-refractivity contribution in [1.82, 2.24) is 20.3 Å². The van der Waals surface area contributed by atoms with E-state index in [1.807, 2.05) is 12.4 Å². The van der Waals surface area contributed by atoms with Gasteiger partial charge in [0.25, 0.3) is 0 Å². The van der Waals surface area contributed by atoms with E-state index < -0.39 is 0 Å². The van der Waals surface area contributed by atoms with Gasteiger partial charge >= 0.3 is 0 Å². The largest absolute Gasteiger partial charge is 0.373 e. The molecule has 2 atom stereocenters. The van der Waals surface area contributed by atoms with E-state index in [1.54, 1.807) is 0 Å². The number of nitrogens with zero attached hydrogens (tertiary/aromatic N) is 3. The molecule has 2 aliphatic rings. The fraction of sp³-hybridized carbons (Fsp3) is 0.379. The third-order valence-corrected chi connectivity index (χ3v) is 7.34. The molecule has 6 nitrogen and oxygen atoms in total. The van der Waals surface area contributed by atoms with E-state index in [4.69, 9.17) is 14.7 Å². The van der Waals surface area contributed by atoms with Crippen LogP contribution in [-0.2, 0) is 4.74 Å². The first-order chi connectivity index (χ1) is 17.0. The highest BCUT2D eigenvalue weighted by atomic mass is 16.5. The first kappa shape index (κ1) is 22.3. The molecule has 180 valence electrons. The first-order valence-corrected chi connectivity index (χ1v) is 12.6. The summed E-state index contributed by atoms with van der Waals surface area (Å²) in [4.78, 5) is 15.9. The zero-order valence-corrected chi connectivity index (χ0v) is 21.0. The molecular formula is C29H33N5O. The molecule has 35 heavy (non-hydrogen) atoms. The number of aryl methyl sites for hydroxylation is 4. The molecule has 2 aliphatic heterocycles. The van der Waals surface area contributed by atoms with Crippen molar-refractivity contribution in [2.75, 3.05) is 31.1 Å². The van der Waals surface area contributed by atoms with E-state index in [9.17, 15) is 0 Å². The SMILES string of the molecule is Cc1cc(C)cc(-c2cncc(-c3nc4c(C)cc(C)cc4[nH]3)c2N2CC[C@H]3NCCO[C@@H]3C2)c1. The maximum absolute atomic E-state index is 6.20. The standard InChI is InChI=1S/C29H33N5O/c1-17-9-18(2)12-21(11-17)22-14-30-15-23(29-32-25-13-19(3)10-20(4)27(25)33-29)28(22)34-7-5-24-26(16-34)35-8-6-31-24/h9-15,24,26,31H,5-8,16H2,1-4H3,(H,32,33)/t24-,26-/m1/s1. The number of hydrogen-bond acceptors (Lipinski definition) is 5. The normalized spacial score (nSPS) is 20.3. The van der Waals surface area contributed by atoms with Crippen LogP contribution in [0.1, 0.15) is 28.7 Å². The van der Waals surface area contributed by atoms with Crippen LogP contribution in [0.2, 0.25) is 0 Å². The third kappa shape index (κ3) is 4.11. The monoisotopic (exact) mass is 467 g/mol. The first-order valence-electron chi connectivity index (χ1n) is 12.6. The Hall–Kier alpha value is -3.22. The van der Waals surface area contributed by atoms with Gasteiger partial charge in [0.15, 0.2) is 0 Å². The average molecular weight is 468 g/mol. The summed E-state index contributed by atoms with van der Waals surface area (Å²) in [6.07, 6.45) is 5.22. The second-order valence-electron chi connectivity index (χ2n) is 10.2. The summed E-state index contributed by atoms with van der Waals surface area (Å²) in [5.74, 6) is 0.868. The second-order valence-corrected chi connectivity index (χ2v) is 10.2. The van der Waals surface area contributed by atoms with E-state index in [0.717, 1.165) is 60.6 Å². The summed E-state index contributed by atoms with van der Waals surface area (Å²) in [6, 6.07) is 11.5. The van der Waals surface area contributed by atoms with Crippen LogP contribution >= 0.6 is 0 Å². The maximum atomic E-state index is 6.20. The van der Waals surface area contributed by atoms with Crippen LogP contribution in [0.15, 0.2) is 42.7 Å². The molecule has 0 radical (unpaired) electrons. The molecule has 0 spiro atoms. The number of rotatable bonds is 3. The highest BCUT2D eigenvalue weighted by Crippen LogP contribution is 2.40. The highest BCUT2D eigenvalue weighted by molar-refractivity contribution is 5.92. The molecule has 6 rings (SSSR count). The van der Waals surface area contributed by atoms with Gasteiger partial charge in [-0.15, -0.1) is 0 Å². The molecule has 2 aromatic heterocycles. The quantitative estimate of drug-likeness (QED) is 0.439. The Labute approximate surface area is 206 Å². The maximum Gasteiger partial charge on any atom is 0.142 e. The van der Waals surface area contributed by atoms with Gasteiger partial charge in [-0.2, -0.15) is 0 Å². The summed E-state index contributed by atoms with van der Waals surface area (Å²) >= 11 is 0. The summed E-state index contributed by atoms with van der Waals surface area (Å²) in [5, 5.41) is 3.65. The number of anilines is 1. The van der Waals surface area contributed by atoms with Gasteiger partial charge in [0, 0.05) is 43.6 Å². The van der Waals surface area contributed by atoms with Crippen molar-refractivity contribution in [2.24, 2.45) is 0 Å². The van der Waals surface area contributed by atoms with Crippen LogP contribution in [0.25, 0.3) is 33.5 Å². The Kier molecular flexibility index (Phi) is 5.58. The number of aromatic nitrogens is 3. The number of hydrogen-bond donors (Lipinski definition) is 2. The molecule has 4 aromatic rings. The highest BCUT2D eigenvalue weighted by Gasteiger charge is 2.34. The summed E-state index contributed by atoms with van der Waals surface area (Å²) < 4.78 is 6.20. The Morgan fingerprint density at radius 2 is 1.71 bits per heavy atom. The minimum atomic E-state index is 0.186. The lowest BCUT2D eigenvalue weighted by molar-refractivity contribution is -0.00899. The van der Waals surface area contributed by atoms with Crippen molar-refractivity contribution in [1.29, 1.82) is 0 Å². The number of piperidine rings is 1. The number of H-pyrrole nitrogens is 1. The lowest BCUT2D eigenvalue weighted by atomic mass is 9.95. The van der Waals surface area contributed by atoms with Crippen molar-refractivity contribution in [3.63, 3.8) is 0 Å². The molecule has 2 saturated heterocycles. The fourth-order valence-corrected chi connectivity index (χ4v) is 5.88. The molecule has 6 heteroatoms. The molecule has 2 N–H and O–H groups in total. The number of imidazole rings is 1. The van der Waals surface area contributed by atoms with Gasteiger partial charge in [-0.05, 0) is 56.9 Å². The number of benzene rings is 2. The van der Waals surface area contributed by atoms with E-state index in [0.29, 0.717) is 6.04 Å². The lowest BCUT2D eigenvalue weighted by Crippen LogP contribution is -2.57. The van der Waals surface area contributed by atoms with Crippen molar-refractivity contribution in [2.45, 2.75) is 46.3 Å². The summed E-state index contributed by atoms with van der Waals surface area (Å²) in [5.41, 5.74) is 11.6. The van der Waals surface area contributed by atoms with Gasteiger partial charge in [0.05, 0.1) is 35.0 Å². The van der Waals surface area contributed by atoms with Crippen LogP contribution < -0.4 is 10.2 Å². The molecule has 2 fully saturated rings. The van der Waals surface area contributed by atoms with Crippen LogP contribution in [0.5, 0.6) is 0 Å².